The van der Waals surface area contributed by atoms with Crippen molar-refractivity contribution in [1.82, 2.24) is 4.31 Å². The molecule has 0 aliphatic rings. The summed E-state index contributed by atoms with van der Waals surface area (Å²) in [6.45, 7) is 5.12. The average Bonchev–Trinajstić information content (AvgIpc) is 2.37. The third kappa shape index (κ3) is 3.58. The van der Waals surface area contributed by atoms with Crippen LogP contribution in [0.25, 0.3) is 0 Å². The van der Waals surface area contributed by atoms with Crippen LogP contribution < -0.4 is 0 Å². The molecule has 1 aromatic carbocycles. The van der Waals surface area contributed by atoms with Gasteiger partial charge in [-0.1, -0.05) is 22.9 Å². The van der Waals surface area contributed by atoms with E-state index in [1.54, 1.807) is 13.8 Å². The third-order valence-corrected chi connectivity index (χ3v) is 5.39. The molecule has 4 nitrogen and oxygen atoms in total. The highest BCUT2D eigenvalue weighted by Gasteiger charge is 2.30. The van der Waals surface area contributed by atoms with Crippen molar-refractivity contribution in [2.75, 3.05) is 6.54 Å². The largest absolute Gasteiger partial charge is 0.392 e. The van der Waals surface area contributed by atoms with E-state index in [9.17, 15) is 12.8 Å². The average molecular weight is 368 g/mol. The van der Waals surface area contributed by atoms with Crippen LogP contribution in [0.5, 0.6) is 0 Å². The number of aliphatic hydroxyl groups is 1. The summed E-state index contributed by atoms with van der Waals surface area (Å²) >= 11 is 3.14. The lowest BCUT2D eigenvalue weighted by atomic mass is 10.2. The molecule has 0 saturated carbocycles. The molecular formula is C13H19BrFNO3S. The molecule has 0 heterocycles. The summed E-state index contributed by atoms with van der Waals surface area (Å²) in [7, 11) is -3.93. The molecule has 0 radical (unpaired) electrons. The predicted molar refractivity (Wildman–Crippen MR) is 79.3 cm³/mol. The standard InChI is InChI=1S/C13H19BrFNO3S/c1-4-5-16(9(2)3)20(18,19)12-7-11(14)6-10(8-17)13(12)15/h6-7,9,17H,4-5,8H2,1-3H3. The molecule has 0 saturated heterocycles. The Bertz CT molecular complexity index is 575. The second kappa shape index (κ2) is 6.98. The van der Waals surface area contributed by atoms with Crippen molar-refractivity contribution >= 4 is 26.0 Å². The van der Waals surface area contributed by atoms with Gasteiger partial charge in [0, 0.05) is 22.6 Å². The number of aliphatic hydroxyl groups excluding tert-OH is 1. The summed E-state index contributed by atoms with van der Waals surface area (Å²) in [5.74, 6) is -0.891. The number of hydrogen-bond acceptors (Lipinski definition) is 3. The van der Waals surface area contributed by atoms with Gasteiger partial charge in [0.05, 0.1) is 6.61 Å². The normalized spacial score (nSPS) is 12.4. The Labute approximate surface area is 127 Å². The molecule has 114 valence electrons. The maximum absolute atomic E-state index is 14.2. The maximum Gasteiger partial charge on any atom is 0.246 e. The van der Waals surface area contributed by atoms with E-state index in [1.165, 1.54) is 16.4 Å². The summed E-state index contributed by atoms with van der Waals surface area (Å²) in [5.41, 5.74) is -0.0434. The predicted octanol–water partition coefficient (Wildman–Crippen LogP) is 2.89. The Kier molecular flexibility index (Phi) is 6.12. The zero-order valence-electron chi connectivity index (χ0n) is 11.7. The summed E-state index contributed by atoms with van der Waals surface area (Å²) in [5, 5.41) is 9.11. The lowest BCUT2D eigenvalue weighted by Gasteiger charge is -2.26. The molecule has 1 aromatic rings. The van der Waals surface area contributed by atoms with Crippen molar-refractivity contribution in [1.29, 1.82) is 0 Å². The van der Waals surface area contributed by atoms with Crippen LogP contribution in [0.3, 0.4) is 0 Å². The third-order valence-electron chi connectivity index (χ3n) is 2.86. The number of sulfonamides is 1. The van der Waals surface area contributed by atoms with Crippen LogP contribution in [-0.4, -0.2) is 30.4 Å². The fraction of sp³-hybridized carbons (Fsp3) is 0.538. The molecule has 20 heavy (non-hydrogen) atoms. The van der Waals surface area contributed by atoms with Gasteiger partial charge in [-0.25, -0.2) is 12.8 Å². The first-order valence-corrected chi connectivity index (χ1v) is 8.59. The number of benzene rings is 1. The second-order valence-corrected chi connectivity index (χ2v) is 7.52. The van der Waals surface area contributed by atoms with E-state index in [1.807, 2.05) is 6.92 Å². The lowest BCUT2D eigenvalue weighted by Crippen LogP contribution is -2.38. The van der Waals surface area contributed by atoms with Crippen molar-refractivity contribution in [3.63, 3.8) is 0 Å². The Morgan fingerprint density at radius 2 is 2.00 bits per heavy atom. The van der Waals surface area contributed by atoms with E-state index in [2.05, 4.69) is 15.9 Å². The van der Waals surface area contributed by atoms with Crippen molar-refractivity contribution in [2.45, 2.75) is 44.7 Å². The minimum absolute atomic E-state index is 0.0434. The quantitative estimate of drug-likeness (QED) is 0.840. The summed E-state index contributed by atoms with van der Waals surface area (Å²) < 4.78 is 41.1. The molecule has 0 aliphatic carbocycles. The van der Waals surface area contributed by atoms with E-state index in [4.69, 9.17) is 5.11 Å². The smallest absolute Gasteiger partial charge is 0.246 e. The Morgan fingerprint density at radius 3 is 2.45 bits per heavy atom. The second-order valence-electron chi connectivity index (χ2n) is 4.74. The zero-order chi connectivity index (χ0) is 15.5. The monoisotopic (exact) mass is 367 g/mol. The SMILES string of the molecule is CCCN(C(C)C)S(=O)(=O)c1cc(Br)cc(CO)c1F. The highest BCUT2D eigenvalue weighted by atomic mass is 79.9. The number of nitrogens with zero attached hydrogens (tertiary/aromatic N) is 1. The topological polar surface area (TPSA) is 57.6 Å². The van der Waals surface area contributed by atoms with E-state index in [0.717, 1.165) is 0 Å². The Hall–Kier alpha value is -0.500. The van der Waals surface area contributed by atoms with Gasteiger partial charge in [-0.05, 0) is 32.4 Å². The van der Waals surface area contributed by atoms with Gasteiger partial charge < -0.3 is 5.11 Å². The van der Waals surface area contributed by atoms with Crippen LogP contribution in [0.2, 0.25) is 0 Å². The van der Waals surface area contributed by atoms with Gasteiger partial charge >= 0.3 is 0 Å². The molecule has 1 rings (SSSR count). The first-order valence-electron chi connectivity index (χ1n) is 6.36. The summed E-state index contributed by atoms with van der Waals surface area (Å²) in [6, 6.07) is 2.33. The van der Waals surface area contributed by atoms with Crippen molar-refractivity contribution in [3.05, 3.63) is 28.0 Å². The van der Waals surface area contributed by atoms with Crippen LogP contribution in [0, 0.1) is 5.82 Å². The maximum atomic E-state index is 14.2. The minimum Gasteiger partial charge on any atom is -0.392 e. The van der Waals surface area contributed by atoms with Crippen LogP contribution in [0.4, 0.5) is 4.39 Å². The molecule has 0 fully saturated rings. The van der Waals surface area contributed by atoms with Crippen molar-refractivity contribution < 1.29 is 17.9 Å². The van der Waals surface area contributed by atoms with Gasteiger partial charge in [-0.3, -0.25) is 0 Å². The first kappa shape index (κ1) is 17.6. The van der Waals surface area contributed by atoms with Gasteiger partial charge in [-0.2, -0.15) is 4.31 Å². The van der Waals surface area contributed by atoms with Gasteiger partial charge in [0.2, 0.25) is 10.0 Å². The molecule has 0 atom stereocenters. The van der Waals surface area contributed by atoms with Crippen molar-refractivity contribution in [3.8, 4) is 0 Å². The van der Waals surface area contributed by atoms with Crippen LogP contribution in [0.15, 0.2) is 21.5 Å². The zero-order valence-corrected chi connectivity index (χ0v) is 14.1. The fourth-order valence-electron chi connectivity index (χ4n) is 1.92. The van der Waals surface area contributed by atoms with Crippen LogP contribution in [0.1, 0.15) is 32.8 Å². The Balaban J connectivity index is 3.45. The number of halogens is 2. The van der Waals surface area contributed by atoms with E-state index in [0.29, 0.717) is 17.4 Å². The fourth-order valence-corrected chi connectivity index (χ4v) is 4.44. The molecule has 0 bridgehead atoms. The number of hydrogen-bond donors (Lipinski definition) is 1. The molecule has 1 N–H and O–H groups in total. The first-order chi connectivity index (χ1) is 9.25. The molecule has 0 spiro atoms. The van der Waals surface area contributed by atoms with E-state index < -0.39 is 27.3 Å². The molecule has 0 aromatic heterocycles. The molecule has 0 aliphatic heterocycles. The molecular weight excluding hydrogens is 349 g/mol. The highest BCUT2D eigenvalue weighted by molar-refractivity contribution is 9.10. The Morgan fingerprint density at radius 1 is 1.40 bits per heavy atom. The minimum atomic E-state index is -3.93. The summed E-state index contributed by atoms with van der Waals surface area (Å²) in [4.78, 5) is -0.405. The van der Waals surface area contributed by atoms with E-state index >= 15 is 0 Å². The van der Waals surface area contributed by atoms with Crippen molar-refractivity contribution in [2.24, 2.45) is 0 Å². The number of rotatable bonds is 6. The molecule has 7 heteroatoms. The van der Waals surface area contributed by atoms with Crippen LogP contribution >= 0.6 is 15.9 Å². The van der Waals surface area contributed by atoms with E-state index in [-0.39, 0.29) is 11.6 Å². The highest BCUT2D eigenvalue weighted by Crippen LogP contribution is 2.27. The van der Waals surface area contributed by atoms with Gasteiger partial charge in [0.15, 0.2) is 0 Å². The van der Waals surface area contributed by atoms with Gasteiger partial charge in [0.25, 0.3) is 0 Å². The van der Waals surface area contributed by atoms with Crippen LogP contribution in [-0.2, 0) is 16.6 Å². The molecule has 0 unspecified atom stereocenters. The molecule has 0 amide bonds. The summed E-state index contributed by atoms with van der Waals surface area (Å²) in [6.07, 6.45) is 0.639. The van der Waals surface area contributed by atoms with Gasteiger partial charge in [0.1, 0.15) is 10.7 Å². The lowest BCUT2D eigenvalue weighted by molar-refractivity contribution is 0.274. The van der Waals surface area contributed by atoms with Gasteiger partial charge in [-0.15, -0.1) is 0 Å².